The van der Waals surface area contributed by atoms with E-state index < -0.39 is 17.9 Å². The fraction of sp³-hybridized carbons (Fsp3) is 0.500. The van der Waals surface area contributed by atoms with E-state index in [4.69, 9.17) is 23.2 Å². The second-order valence-electron chi connectivity index (χ2n) is 4.45. The third-order valence-electron chi connectivity index (χ3n) is 2.76. The average Bonchev–Trinajstić information content (AvgIpc) is 2.62. The summed E-state index contributed by atoms with van der Waals surface area (Å²) in [5, 5.41) is 3.17. The smallest absolute Gasteiger partial charge is 0.328 e. The molecule has 1 aromatic rings. The summed E-state index contributed by atoms with van der Waals surface area (Å²) < 4.78 is 6.11. The van der Waals surface area contributed by atoms with Gasteiger partial charge in [0.15, 0.2) is 0 Å². The maximum atomic E-state index is 12.1. The van der Waals surface area contributed by atoms with Gasteiger partial charge in [-0.1, -0.05) is 37.0 Å². The molecule has 1 aromatic heterocycles. The van der Waals surface area contributed by atoms with E-state index >= 15 is 0 Å². The van der Waals surface area contributed by atoms with E-state index in [0.717, 1.165) is 0 Å². The molecule has 0 radical (unpaired) electrons. The molecule has 1 N–H and O–H groups in total. The maximum absolute atomic E-state index is 12.1. The van der Waals surface area contributed by atoms with Gasteiger partial charge in [0.1, 0.15) is 16.9 Å². The van der Waals surface area contributed by atoms with E-state index in [1.54, 1.807) is 7.05 Å². The minimum absolute atomic E-state index is 0.0948. The van der Waals surface area contributed by atoms with Gasteiger partial charge in [0.05, 0.1) is 12.1 Å². The summed E-state index contributed by atoms with van der Waals surface area (Å²) in [6.07, 6.45) is 0. The Bertz CT molecular complexity index is 497. The predicted molar refractivity (Wildman–Crippen MR) is 73.5 cm³/mol. The van der Waals surface area contributed by atoms with Crippen LogP contribution >= 0.6 is 23.2 Å². The normalized spacial score (nSPS) is 12.4. The molecule has 106 valence electrons. The summed E-state index contributed by atoms with van der Waals surface area (Å²) in [5.74, 6) is -1.02. The second kappa shape index (κ2) is 6.30. The van der Waals surface area contributed by atoms with Crippen LogP contribution in [0.4, 0.5) is 0 Å². The van der Waals surface area contributed by atoms with E-state index in [9.17, 15) is 9.59 Å². The number of carbonyl (C=O) groups excluding carboxylic acids is 2. The third kappa shape index (κ3) is 3.42. The van der Waals surface area contributed by atoms with Gasteiger partial charge in [-0.25, -0.2) is 4.79 Å². The zero-order valence-electron chi connectivity index (χ0n) is 11.2. The van der Waals surface area contributed by atoms with Crippen molar-refractivity contribution in [1.29, 1.82) is 0 Å². The minimum Gasteiger partial charge on any atom is -0.467 e. The molecule has 0 aliphatic carbocycles. The van der Waals surface area contributed by atoms with Gasteiger partial charge >= 0.3 is 5.97 Å². The molecule has 19 heavy (non-hydrogen) atoms. The fourth-order valence-corrected chi connectivity index (χ4v) is 1.98. The first-order valence-corrected chi connectivity index (χ1v) is 6.44. The number of rotatable bonds is 4. The van der Waals surface area contributed by atoms with Crippen molar-refractivity contribution in [1.82, 2.24) is 9.88 Å². The number of amides is 1. The highest BCUT2D eigenvalue weighted by Gasteiger charge is 2.27. The van der Waals surface area contributed by atoms with Crippen molar-refractivity contribution in [3.05, 3.63) is 21.9 Å². The average molecular weight is 307 g/mol. The molecule has 0 fully saturated rings. The van der Waals surface area contributed by atoms with Gasteiger partial charge in [0.2, 0.25) is 0 Å². The molecule has 0 aliphatic heterocycles. The molecule has 1 atom stereocenters. The highest BCUT2D eigenvalue weighted by Crippen LogP contribution is 2.25. The Hall–Kier alpha value is -1.20. The quantitative estimate of drug-likeness (QED) is 0.868. The van der Waals surface area contributed by atoms with Gasteiger partial charge in [0, 0.05) is 7.05 Å². The molecular weight excluding hydrogens is 291 g/mol. The SMILES string of the molecule is COC(=O)C(NC(=O)c1cc(Cl)c(Cl)n1C)C(C)C. The highest BCUT2D eigenvalue weighted by molar-refractivity contribution is 6.41. The fourth-order valence-electron chi connectivity index (χ4n) is 1.60. The highest BCUT2D eigenvalue weighted by atomic mass is 35.5. The van der Waals surface area contributed by atoms with Gasteiger partial charge < -0.3 is 14.6 Å². The molecule has 7 heteroatoms. The molecule has 0 saturated carbocycles. The largest absolute Gasteiger partial charge is 0.467 e. The van der Waals surface area contributed by atoms with Crippen LogP contribution in [-0.4, -0.2) is 29.6 Å². The van der Waals surface area contributed by atoms with Crippen LogP contribution in [0.3, 0.4) is 0 Å². The van der Waals surface area contributed by atoms with Crippen LogP contribution in [0, 0.1) is 5.92 Å². The lowest BCUT2D eigenvalue weighted by Gasteiger charge is -2.19. The van der Waals surface area contributed by atoms with E-state index in [-0.39, 0.29) is 21.8 Å². The van der Waals surface area contributed by atoms with Crippen LogP contribution in [0.5, 0.6) is 0 Å². The molecule has 5 nitrogen and oxygen atoms in total. The van der Waals surface area contributed by atoms with Crippen LogP contribution in [0.2, 0.25) is 10.2 Å². The number of halogens is 2. The van der Waals surface area contributed by atoms with Gasteiger partial charge in [-0.3, -0.25) is 4.79 Å². The zero-order chi connectivity index (χ0) is 14.7. The Morgan fingerprint density at radius 2 is 1.95 bits per heavy atom. The van der Waals surface area contributed by atoms with Gasteiger partial charge in [-0.15, -0.1) is 0 Å². The number of ether oxygens (including phenoxy) is 1. The number of carbonyl (C=O) groups is 2. The number of nitrogens with zero attached hydrogens (tertiary/aromatic N) is 1. The Morgan fingerprint density at radius 3 is 2.32 bits per heavy atom. The van der Waals surface area contributed by atoms with Gasteiger partial charge in [-0.05, 0) is 12.0 Å². The van der Waals surface area contributed by atoms with E-state index in [2.05, 4.69) is 10.1 Å². The standard InChI is InChI=1S/C12H16Cl2N2O3/c1-6(2)9(12(18)19-4)15-11(17)8-5-7(13)10(14)16(8)3/h5-6,9H,1-4H3,(H,15,17). The number of hydrogen-bond donors (Lipinski definition) is 1. The number of hydrogen-bond acceptors (Lipinski definition) is 3. The van der Waals surface area contributed by atoms with E-state index in [0.29, 0.717) is 0 Å². The summed E-state index contributed by atoms with van der Waals surface area (Å²) in [6.45, 7) is 3.62. The number of methoxy groups -OCH3 is 1. The number of nitrogens with one attached hydrogen (secondary N) is 1. The van der Waals surface area contributed by atoms with Crippen LogP contribution in [0.1, 0.15) is 24.3 Å². The lowest BCUT2D eigenvalue weighted by Crippen LogP contribution is -2.45. The van der Waals surface area contributed by atoms with Crippen molar-refractivity contribution in [2.75, 3.05) is 7.11 Å². The van der Waals surface area contributed by atoms with Crippen molar-refractivity contribution in [3.8, 4) is 0 Å². The van der Waals surface area contributed by atoms with Crippen molar-refractivity contribution >= 4 is 35.1 Å². The first-order chi connectivity index (χ1) is 8.79. The molecule has 0 saturated heterocycles. The third-order valence-corrected chi connectivity index (χ3v) is 3.60. The van der Waals surface area contributed by atoms with Crippen molar-refractivity contribution in [3.63, 3.8) is 0 Å². The first-order valence-electron chi connectivity index (χ1n) is 5.69. The molecule has 1 rings (SSSR count). The van der Waals surface area contributed by atoms with E-state index in [1.165, 1.54) is 17.7 Å². The molecule has 0 spiro atoms. The predicted octanol–water partition coefficient (Wildman–Crippen LogP) is 2.26. The van der Waals surface area contributed by atoms with E-state index in [1.807, 2.05) is 13.8 Å². The Labute approximate surface area is 121 Å². The maximum Gasteiger partial charge on any atom is 0.328 e. The first kappa shape index (κ1) is 15.9. The van der Waals surface area contributed by atoms with Crippen LogP contribution in [0.25, 0.3) is 0 Å². The molecule has 0 bridgehead atoms. The van der Waals surface area contributed by atoms with Crippen molar-refractivity contribution in [2.24, 2.45) is 13.0 Å². The summed E-state index contributed by atoms with van der Waals surface area (Å²) in [6, 6.07) is 0.735. The Balaban J connectivity index is 2.94. The van der Waals surface area contributed by atoms with Crippen LogP contribution < -0.4 is 5.32 Å². The summed E-state index contributed by atoms with van der Waals surface area (Å²) >= 11 is 11.7. The monoisotopic (exact) mass is 306 g/mol. The Morgan fingerprint density at radius 1 is 1.37 bits per heavy atom. The van der Waals surface area contributed by atoms with Crippen LogP contribution in [0.15, 0.2) is 6.07 Å². The number of esters is 1. The minimum atomic E-state index is -0.718. The second-order valence-corrected chi connectivity index (χ2v) is 5.21. The molecule has 0 aromatic carbocycles. The number of aromatic nitrogens is 1. The molecule has 1 unspecified atom stereocenters. The summed E-state index contributed by atoms with van der Waals surface area (Å²) in [7, 11) is 2.89. The topological polar surface area (TPSA) is 60.3 Å². The lowest BCUT2D eigenvalue weighted by atomic mass is 10.0. The van der Waals surface area contributed by atoms with Gasteiger partial charge in [0.25, 0.3) is 5.91 Å². The Kier molecular flexibility index (Phi) is 5.26. The lowest BCUT2D eigenvalue weighted by molar-refractivity contribution is -0.144. The molecule has 1 heterocycles. The van der Waals surface area contributed by atoms with Crippen molar-refractivity contribution < 1.29 is 14.3 Å². The summed E-state index contributed by atoms with van der Waals surface area (Å²) in [5.41, 5.74) is 0.282. The molecular formula is C12H16Cl2N2O3. The van der Waals surface area contributed by atoms with Crippen LogP contribution in [-0.2, 0) is 16.6 Å². The molecule has 0 aliphatic rings. The molecule has 1 amide bonds. The van der Waals surface area contributed by atoms with Gasteiger partial charge in [-0.2, -0.15) is 0 Å². The van der Waals surface area contributed by atoms with Crippen molar-refractivity contribution in [2.45, 2.75) is 19.9 Å². The summed E-state index contributed by atoms with van der Waals surface area (Å²) in [4.78, 5) is 23.7. The zero-order valence-corrected chi connectivity index (χ0v) is 12.7.